The van der Waals surface area contributed by atoms with Gasteiger partial charge in [0.2, 0.25) is 0 Å². The van der Waals surface area contributed by atoms with E-state index in [1.165, 1.54) is 12.8 Å². The van der Waals surface area contributed by atoms with Crippen molar-refractivity contribution >= 4 is 24.0 Å². The van der Waals surface area contributed by atoms with Crippen LogP contribution in [0.2, 0.25) is 5.02 Å². The van der Waals surface area contributed by atoms with E-state index < -0.39 is 0 Å². The Hall–Kier alpha value is -0.350. The summed E-state index contributed by atoms with van der Waals surface area (Å²) in [6.45, 7) is 8.00. The lowest BCUT2D eigenvalue weighted by atomic mass is 9.96. The Morgan fingerprint density at radius 2 is 1.95 bits per heavy atom. The van der Waals surface area contributed by atoms with Crippen molar-refractivity contribution < 1.29 is 4.39 Å². The third-order valence-electron chi connectivity index (χ3n) is 4.33. The van der Waals surface area contributed by atoms with Crippen LogP contribution in [0.15, 0.2) is 12.1 Å². The summed E-state index contributed by atoms with van der Waals surface area (Å²) in [5, 5.41) is 3.97. The highest BCUT2D eigenvalue weighted by atomic mass is 35.5. The number of unbranched alkanes of at least 4 members (excludes halogenated alkanes) is 2. The Morgan fingerprint density at radius 1 is 1.27 bits per heavy atom. The molecule has 5 heteroatoms. The summed E-state index contributed by atoms with van der Waals surface area (Å²) in [6.07, 6.45) is 4.47. The molecular formula is C17H27Cl2FN2. The minimum Gasteiger partial charge on any atom is -0.314 e. The van der Waals surface area contributed by atoms with E-state index in [2.05, 4.69) is 17.1 Å². The fraction of sp³-hybridized carbons (Fsp3) is 0.647. The first-order chi connectivity index (χ1) is 10.1. The predicted octanol–water partition coefficient (Wildman–Crippen LogP) is 4.74. The fourth-order valence-electron chi connectivity index (χ4n) is 3.07. The van der Waals surface area contributed by atoms with E-state index in [1.807, 2.05) is 6.92 Å². The largest absolute Gasteiger partial charge is 0.314 e. The lowest BCUT2D eigenvalue weighted by Gasteiger charge is -2.36. The molecule has 0 spiro atoms. The van der Waals surface area contributed by atoms with Gasteiger partial charge in [0.25, 0.3) is 0 Å². The molecule has 1 heterocycles. The summed E-state index contributed by atoms with van der Waals surface area (Å²) in [4.78, 5) is 2.38. The zero-order chi connectivity index (χ0) is 15.2. The maximum atomic E-state index is 14.4. The van der Waals surface area contributed by atoms with Crippen molar-refractivity contribution in [2.45, 2.75) is 45.6 Å². The van der Waals surface area contributed by atoms with Crippen LogP contribution in [0.3, 0.4) is 0 Å². The van der Waals surface area contributed by atoms with E-state index in [4.69, 9.17) is 11.6 Å². The number of nitrogens with zero attached hydrogens (tertiary/aromatic N) is 1. The minimum atomic E-state index is -0.161. The third kappa shape index (κ3) is 4.82. The first-order valence-corrected chi connectivity index (χ1v) is 8.42. The molecule has 2 nitrogen and oxygen atoms in total. The summed E-state index contributed by atoms with van der Waals surface area (Å²) < 4.78 is 14.4. The number of nitrogens with one attached hydrogen (secondary N) is 1. The van der Waals surface area contributed by atoms with Crippen LogP contribution >= 0.6 is 24.0 Å². The smallest absolute Gasteiger partial charge is 0.129 e. The van der Waals surface area contributed by atoms with Gasteiger partial charge in [-0.05, 0) is 25.0 Å². The molecule has 1 aliphatic heterocycles. The van der Waals surface area contributed by atoms with Crippen molar-refractivity contribution in [2.24, 2.45) is 0 Å². The van der Waals surface area contributed by atoms with Crippen molar-refractivity contribution in [3.05, 3.63) is 34.1 Å². The van der Waals surface area contributed by atoms with Crippen molar-refractivity contribution in [3.63, 3.8) is 0 Å². The summed E-state index contributed by atoms with van der Waals surface area (Å²) in [5.41, 5.74) is 1.67. The van der Waals surface area contributed by atoms with Gasteiger partial charge in [-0.1, -0.05) is 43.9 Å². The number of benzene rings is 1. The normalized spacial score (nSPS) is 17.1. The van der Waals surface area contributed by atoms with Crippen LogP contribution in [0.25, 0.3) is 0 Å². The highest BCUT2D eigenvalue weighted by Gasteiger charge is 2.26. The van der Waals surface area contributed by atoms with Gasteiger partial charge in [-0.3, -0.25) is 4.90 Å². The molecule has 126 valence electrons. The Balaban J connectivity index is 0.00000242. The average molecular weight is 349 g/mol. The number of halogens is 3. The molecule has 22 heavy (non-hydrogen) atoms. The molecule has 0 unspecified atom stereocenters. The number of hydrogen-bond donors (Lipinski definition) is 1. The molecule has 1 fully saturated rings. The zero-order valence-electron chi connectivity index (χ0n) is 13.5. The van der Waals surface area contributed by atoms with E-state index in [0.29, 0.717) is 10.6 Å². The molecule has 2 rings (SSSR count). The standard InChI is InChI=1S/C17H26ClFN2.ClH/c1-3-4-5-6-15(21-11-9-20-10-12-21)16-14(19)8-7-13(2)17(16)18;/h7-8,15,20H,3-6,9-12H2,1-2H3;1H/t15-;/m0./s1. The second-order valence-corrected chi connectivity index (χ2v) is 6.27. The molecule has 0 radical (unpaired) electrons. The van der Waals surface area contributed by atoms with E-state index >= 15 is 0 Å². The lowest BCUT2D eigenvalue weighted by molar-refractivity contribution is 0.159. The Morgan fingerprint density at radius 3 is 2.59 bits per heavy atom. The van der Waals surface area contributed by atoms with Crippen molar-refractivity contribution in [1.29, 1.82) is 0 Å². The zero-order valence-corrected chi connectivity index (χ0v) is 15.1. The van der Waals surface area contributed by atoms with Gasteiger partial charge in [0.15, 0.2) is 0 Å². The van der Waals surface area contributed by atoms with Crippen LogP contribution in [-0.2, 0) is 0 Å². The molecule has 0 aromatic heterocycles. The van der Waals surface area contributed by atoms with E-state index in [9.17, 15) is 4.39 Å². The molecule has 1 aliphatic rings. The molecule has 0 aliphatic carbocycles. The highest BCUT2D eigenvalue weighted by molar-refractivity contribution is 6.32. The van der Waals surface area contributed by atoms with Gasteiger partial charge in [-0.25, -0.2) is 4.39 Å². The average Bonchev–Trinajstić information content (AvgIpc) is 2.51. The number of piperazine rings is 1. The summed E-state index contributed by atoms with van der Waals surface area (Å²) in [7, 11) is 0. The molecular weight excluding hydrogens is 322 g/mol. The fourth-order valence-corrected chi connectivity index (χ4v) is 3.35. The predicted molar refractivity (Wildman–Crippen MR) is 94.7 cm³/mol. The first-order valence-electron chi connectivity index (χ1n) is 8.04. The summed E-state index contributed by atoms with van der Waals surface area (Å²) >= 11 is 6.44. The van der Waals surface area contributed by atoms with Crippen LogP contribution in [0.1, 0.15) is 49.8 Å². The quantitative estimate of drug-likeness (QED) is 0.747. The molecule has 0 amide bonds. The van der Waals surface area contributed by atoms with E-state index in [1.54, 1.807) is 12.1 Å². The van der Waals surface area contributed by atoms with Crippen LogP contribution in [0.4, 0.5) is 4.39 Å². The molecule has 0 bridgehead atoms. The van der Waals surface area contributed by atoms with Crippen LogP contribution in [0.5, 0.6) is 0 Å². The summed E-state index contributed by atoms with van der Waals surface area (Å²) in [6, 6.07) is 3.43. The van der Waals surface area contributed by atoms with Gasteiger partial charge in [0, 0.05) is 37.8 Å². The van der Waals surface area contributed by atoms with Gasteiger partial charge < -0.3 is 5.32 Å². The Bertz CT molecular complexity index is 462. The SMILES string of the molecule is CCCCC[C@@H](c1c(F)ccc(C)c1Cl)N1CCNCC1.Cl. The van der Waals surface area contributed by atoms with Crippen LogP contribution in [-0.4, -0.2) is 31.1 Å². The second-order valence-electron chi connectivity index (χ2n) is 5.89. The third-order valence-corrected chi connectivity index (χ3v) is 4.83. The van der Waals surface area contributed by atoms with Gasteiger partial charge >= 0.3 is 0 Å². The highest BCUT2D eigenvalue weighted by Crippen LogP contribution is 2.35. The molecule has 1 N–H and O–H groups in total. The first kappa shape index (κ1) is 19.7. The van der Waals surface area contributed by atoms with E-state index in [0.717, 1.165) is 44.6 Å². The molecule has 1 saturated heterocycles. The Kier molecular flexibility index (Phi) is 8.70. The topological polar surface area (TPSA) is 15.3 Å². The Labute approximate surface area is 144 Å². The van der Waals surface area contributed by atoms with Crippen molar-refractivity contribution in [2.75, 3.05) is 26.2 Å². The molecule has 1 atom stereocenters. The van der Waals surface area contributed by atoms with E-state index in [-0.39, 0.29) is 24.3 Å². The van der Waals surface area contributed by atoms with Gasteiger partial charge in [0.1, 0.15) is 5.82 Å². The van der Waals surface area contributed by atoms with Crippen molar-refractivity contribution in [1.82, 2.24) is 10.2 Å². The summed E-state index contributed by atoms with van der Waals surface area (Å²) in [5.74, 6) is -0.161. The number of rotatable bonds is 6. The maximum absolute atomic E-state index is 14.4. The van der Waals surface area contributed by atoms with Crippen LogP contribution in [0, 0.1) is 12.7 Å². The van der Waals surface area contributed by atoms with Crippen LogP contribution < -0.4 is 5.32 Å². The molecule has 1 aromatic rings. The van der Waals surface area contributed by atoms with Gasteiger partial charge in [-0.15, -0.1) is 12.4 Å². The molecule has 0 saturated carbocycles. The maximum Gasteiger partial charge on any atom is 0.129 e. The lowest BCUT2D eigenvalue weighted by Crippen LogP contribution is -2.45. The number of hydrogen-bond acceptors (Lipinski definition) is 2. The monoisotopic (exact) mass is 348 g/mol. The second kappa shape index (κ2) is 9.71. The van der Waals surface area contributed by atoms with Gasteiger partial charge in [-0.2, -0.15) is 0 Å². The van der Waals surface area contributed by atoms with Crippen molar-refractivity contribution in [3.8, 4) is 0 Å². The molecule has 1 aromatic carbocycles. The van der Waals surface area contributed by atoms with Gasteiger partial charge in [0.05, 0.1) is 5.02 Å². The minimum absolute atomic E-state index is 0. The number of aryl methyl sites for hydroxylation is 1.